The van der Waals surface area contributed by atoms with E-state index in [0.717, 1.165) is 12.8 Å². The van der Waals surface area contributed by atoms with Gasteiger partial charge in [-0.2, -0.15) is 13.2 Å². The van der Waals surface area contributed by atoms with Crippen molar-refractivity contribution in [1.29, 1.82) is 0 Å². The Balaban J connectivity index is 0.00000200. The van der Waals surface area contributed by atoms with Crippen molar-refractivity contribution in [2.75, 3.05) is 13.1 Å². The molecule has 2 aliphatic rings. The van der Waals surface area contributed by atoms with Crippen LogP contribution in [0.5, 0.6) is 0 Å². The molecule has 0 aromatic heterocycles. The summed E-state index contributed by atoms with van der Waals surface area (Å²) in [5.41, 5.74) is 5.80. The highest BCUT2D eigenvalue weighted by atomic mass is 35.5. The van der Waals surface area contributed by atoms with E-state index in [9.17, 15) is 18.0 Å². The Kier molecular flexibility index (Phi) is 6.13. The summed E-state index contributed by atoms with van der Waals surface area (Å²) in [4.78, 5) is 13.9. The van der Waals surface area contributed by atoms with Crippen molar-refractivity contribution in [2.24, 2.45) is 17.6 Å². The predicted octanol–water partition coefficient (Wildman–Crippen LogP) is 2.73. The molecular weight excluding hydrogens is 293 g/mol. The van der Waals surface area contributed by atoms with Gasteiger partial charge >= 0.3 is 6.18 Å². The van der Waals surface area contributed by atoms with Gasteiger partial charge in [0.2, 0.25) is 5.91 Å². The van der Waals surface area contributed by atoms with Crippen LogP contribution >= 0.6 is 12.4 Å². The lowest BCUT2D eigenvalue weighted by atomic mass is 9.77. The van der Waals surface area contributed by atoms with Gasteiger partial charge in [-0.3, -0.25) is 4.79 Å². The smallest absolute Gasteiger partial charge is 0.341 e. The second kappa shape index (κ2) is 6.98. The van der Waals surface area contributed by atoms with E-state index in [4.69, 9.17) is 5.73 Å². The van der Waals surface area contributed by atoms with Gasteiger partial charge in [0.15, 0.2) is 0 Å². The fraction of sp³-hybridized carbons (Fsp3) is 0.923. The molecule has 1 amide bonds. The van der Waals surface area contributed by atoms with Crippen LogP contribution in [-0.4, -0.2) is 36.1 Å². The second-order valence-electron chi connectivity index (χ2n) is 5.73. The Morgan fingerprint density at radius 3 is 2.35 bits per heavy atom. The quantitative estimate of drug-likeness (QED) is 0.809. The van der Waals surface area contributed by atoms with Gasteiger partial charge in [-0.1, -0.05) is 12.8 Å². The fourth-order valence-electron chi connectivity index (χ4n) is 3.26. The topological polar surface area (TPSA) is 46.3 Å². The third-order valence-electron chi connectivity index (χ3n) is 4.27. The van der Waals surface area contributed by atoms with Crippen LogP contribution < -0.4 is 5.73 Å². The minimum Gasteiger partial charge on any atom is -0.341 e. The summed E-state index contributed by atoms with van der Waals surface area (Å²) in [7, 11) is 0. The molecule has 1 heterocycles. The number of likely N-dealkylation sites (tertiary alicyclic amines) is 1. The molecule has 20 heavy (non-hydrogen) atoms. The number of carbonyl (C=O) groups excluding carboxylic acids is 1. The summed E-state index contributed by atoms with van der Waals surface area (Å²) < 4.78 is 39.0. The molecule has 3 atom stereocenters. The van der Waals surface area contributed by atoms with E-state index in [0.29, 0.717) is 32.4 Å². The molecule has 0 aromatic rings. The molecule has 0 spiro atoms. The molecule has 0 aromatic carbocycles. The summed E-state index contributed by atoms with van der Waals surface area (Å²) in [5.74, 6) is -2.69. The molecule has 2 rings (SSSR count). The maximum absolute atomic E-state index is 13.0. The second-order valence-corrected chi connectivity index (χ2v) is 5.73. The minimum absolute atomic E-state index is 0. The van der Waals surface area contributed by atoms with Gasteiger partial charge in [-0.05, 0) is 25.7 Å². The molecule has 2 unspecified atom stereocenters. The normalized spacial score (nSPS) is 31.6. The number of halogens is 4. The standard InChI is InChI=1S/C13H21F3N2O.ClH/c14-13(15,16)11-6-2-1-5-10(11)12(19)18-7-3-4-9(17)8-18;/h9-11H,1-8,17H2;1H/t9-,10?,11?;/m1./s1. The lowest BCUT2D eigenvalue weighted by Gasteiger charge is -2.38. The first-order chi connectivity index (χ1) is 8.89. The lowest BCUT2D eigenvalue weighted by molar-refractivity contribution is -0.201. The largest absolute Gasteiger partial charge is 0.392 e. The van der Waals surface area contributed by atoms with Crippen molar-refractivity contribution in [3.63, 3.8) is 0 Å². The highest BCUT2D eigenvalue weighted by Gasteiger charge is 2.49. The Bertz CT molecular complexity index is 338. The first-order valence-electron chi connectivity index (χ1n) is 7.00. The molecule has 0 bridgehead atoms. The number of rotatable bonds is 1. The van der Waals surface area contributed by atoms with Gasteiger partial charge in [0, 0.05) is 25.0 Å². The van der Waals surface area contributed by atoms with Crippen LogP contribution in [0.25, 0.3) is 0 Å². The lowest BCUT2D eigenvalue weighted by Crippen LogP contribution is -2.50. The number of nitrogens with zero attached hydrogens (tertiary/aromatic N) is 1. The van der Waals surface area contributed by atoms with Gasteiger partial charge in [-0.25, -0.2) is 0 Å². The number of alkyl halides is 3. The molecule has 118 valence electrons. The number of piperidine rings is 1. The zero-order valence-corrected chi connectivity index (χ0v) is 12.2. The Morgan fingerprint density at radius 1 is 1.10 bits per heavy atom. The predicted molar refractivity (Wildman–Crippen MR) is 72.5 cm³/mol. The highest BCUT2D eigenvalue weighted by molar-refractivity contribution is 5.85. The van der Waals surface area contributed by atoms with Crippen LogP contribution in [-0.2, 0) is 4.79 Å². The van der Waals surface area contributed by atoms with Crippen LogP contribution in [0.3, 0.4) is 0 Å². The van der Waals surface area contributed by atoms with Gasteiger partial charge < -0.3 is 10.6 Å². The summed E-state index contributed by atoms with van der Waals surface area (Å²) in [5, 5.41) is 0. The van der Waals surface area contributed by atoms with E-state index < -0.39 is 18.0 Å². The molecule has 2 N–H and O–H groups in total. The molecule has 1 aliphatic heterocycles. The zero-order chi connectivity index (χ0) is 14.0. The summed E-state index contributed by atoms with van der Waals surface area (Å²) >= 11 is 0. The number of hydrogen-bond donors (Lipinski definition) is 1. The third-order valence-corrected chi connectivity index (χ3v) is 4.27. The van der Waals surface area contributed by atoms with Crippen molar-refractivity contribution in [2.45, 2.75) is 50.7 Å². The number of nitrogens with two attached hydrogens (primary N) is 1. The number of hydrogen-bond acceptors (Lipinski definition) is 2. The Hall–Kier alpha value is -0.490. The molecule has 3 nitrogen and oxygen atoms in total. The molecule has 2 fully saturated rings. The number of amides is 1. The van der Waals surface area contributed by atoms with Crippen LogP contribution in [0.1, 0.15) is 38.5 Å². The van der Waals surface area contributed by atoms with Crippen molar-refractivity contribution < 1.29 is 18.0 Å². The van der Waals surface area contributed by atoms with Crippen molar-refractivity contribution >= 4 is 18.3 Å². The molecule has 1 saturated carbocycles. The summed E-state index contributed by atoms with van der Waals surface area (Å²) in [6.07, 6.45) is -0.920. The van der Waals surface area contributed by atoms with Crippen LogP contribution in [0.4, 0.5) is 13.2 Å². The first kappa shape index (κ1) is 17.6. The van der Waals surface area contributed by atoms with Crippen molar-refractivity contribution in [1.82, 2.24) is 4.90 Å². The fourth-order valence-corrected chi connectivity index (χ4v) is 3.26. The molecular formula is C13H22ClF3N2O. The van der Waals surface area contributed by atoms with Crippen LogP contribution in [0.2, 0.25) is 0 Å². The highest BCUT2D eigenvalue weighted by Crippen LogP contribution is 2.42. The van der Waals surface area contributed by atoms with Gasteiger partial charge in [0.1, 0.15) is 0 Å². The molecule has 0 radical (unpaired) electrons. The molecule has 1 saturated heterocycles. The van der Waals surface area contributed by atoms with E-state index in [1.165, 1.54) is 0 Å². The zero-order valence-electron chi connectivity index (χ0n) is 11.4. The molecule has 7 heteroatoms. The minimum atomic E-state index is -4.27. The SMILES string of the molecule is Cl.N[C@@H]1CCCN(C(=O)C2CCCCC2C(F)(F)F)C1. The van der Waals surface area contributed by atoms with Gasteiger partial charge in [0.05, 0.1) is 5.92 Å². The first-order valence-corrected chi connectivity index (χ1v) is 7.00. The van der Waals surface area contributed by atoms with Crippen LogP contribution in [0.15, 0.2) is 0 Å². The monoisotopic (exact) mass is 314 g/mol. The maximum atomic E-state index is 13.0. The Labute approximate surface area is 123 Å². The van der Waals surface area contributed by atoms with Gasteiger partial charge in [0.25, 0.3) is 0 Å². The van der Waals surface area contributed by atoms with Crippen molar-refractivity contribution in [3.8, 4) is 0 Å². The summed E-state index contributed by atoms with van der Waals surface area (Å²) in [6.45, 7) is 0.952. The van der Waals surface area contributed by atoms with Crippen LogP contribution in [0, 0.1) is 11.8 Å². The average Bonchev–Trinajstić information content (AvgIpc) is 2.37. The van der Waals surface area contributed by atoms with E-state index in [1.54, 1.807) is 4.90 Å². The van der Waals surface area contributed by atoms with Gasteiger partial charge in [-0.15, -0.1) is 12.4 Å². The molecule has 1 aliphatic carbocycles. The van der Waals surface area contributed by atoms with E-state index >= 15 is 0 Å². The number of carbonyl (C=O) groups is 1. The van der Waals surface area contributed by atoms with Crippen molar-refractivity contribution in [3.05, 3.63) is 0 Å². The maximum Gasteiger partial charge on any atom is 0.392 e. The van der Waals surface area contributed by atoms with E-state index in [1.807, 2.05) is 0 Å². The van der Waals surface area contributed by atoms with E-state index in [2.05, 4.69) is 0 Å². The summed E-state index contributed by atoms with van der Waals surface area (Å²) in [6, 6.07) is -0.0920. The third kappa shape index (κ3) is 4.01. The average molecular weight is 315 g/mol. The Morgan fingerprint density at radius 2 is 1.75 bits per heavy atom. The van der Waals surface area contributed by atoms with E-state index in [-0.39, 0.29) is 30.8 Å².